The van der Waals surface area contributed by atoms with E-state index in [1.165, 1.54) is 4.70 Å². The Bertz CT molecular complexity index is 659. The lowest BCUT2D eigenvalue weighted by atomic mass is 10.2. The van der Waals surface area contributed by atoms with Gasteiger partial charge in [-0.25, -0.2) is 0 Å². The van der Waals surface area contributed by atoms with Gasteiger partial charge in [0.15, 0.2) is 0 Å². The quantitative estimate of drug-likeness (QED) is 0.650. The SMILES string of the molecule is CC(Cl)c1nnc(-c2csc3ccccc23)o1. The Morgan fingerprint density at radius 1 is 1.29 bits per heavy atom. The van der Waals surface area contributed by atoms with Crippen molar-refractivity contribution in [2.75, 3.05) is 0 Å². The fourth-order valence-corrected chi connectivity index (χ4v) is 2.67. The van der Waals surface area contributed by atoms with Crippen LogP contribution in [0, 0.1) is 0 Å². The minimum Gasteiger partial charge on any atom is -0.419 e. The minimum absolute atomic E-state index is 0.263. The summed E-state index contributed by atoms with van der Waals surface area (Å²) in [7, 11) is 0. The van der Waals surface area contributed by atoms with Crippen LogP contribution < -0.4 is 0 Å². The van der Waals surface area contributed by atoms with E-state index in [-0.39, 0.29) is 5.38 Å². The molecule has 17 heavy (non-hydrogen) atoms. The molecule has 2 heterocycles. The summed E-state index contributed by atoms with van der Waals surface area (Å²) < 4.78 is 6.76. The van der Waals surface area contributed by atoms with Crippen molar-refractivity contribution >= 4 is 33.0 Å². The summed E-state index contributed by atoms with van der Waals surface area (Å²) in [5.74, 6) is 0.988. The number of aromatic nitrogens is 2. The predicted octanol–water partition coefficient (Wildman–Crippen LogP) is 4.25. The highest BCUT2D eigenvalue weighted by Crippen LogP contribution is 2.33. The van der Waals surface area contributed by atoms with Gasteiger partial charge in [-0.3, -0.25) is 0 Å². The van der Waals surface area contributed by atoms with Crippen LogP contribution in [0.2, 0.25) is 0 Å². The van der Waals surface area contributed by atoms with Crippen molar-refractivity contribution in [1.82, 2.24) is 10.2 Å². The van der Waals surface area contributed by atoms with E-state index < -0.39 is 0 Å². The first-order valence-corrected chi connectivity index (χ1v) is 6.51. The lowest BCUT2D eigenvalue weighted by Gasteiger charge is -1.93. The Labute approximate surface area is 107 Å². The van der Waals surface area contributed by atoms with Crippen LogP contribution >= 0.6 is 22.9 Å². The molecule has 2 aromatic heterocycles. The van der Waals surface area contributed by atoms with Crippen LogP contribution in [-0.2, 0) is 0 Å². The summed E-state index contributed by atoms with van der Waals surface area (Å²) in [6.07, 6.45) is 0. The Kier molecular flexibility index (Phi) is 2.61. The van der Waals surface area contributed by atoms with Crippen molar-refractivity contribution in [2.24, 2.45) is 0 Å². The Balaban J connectivity index is 2.14. The molecule has 0 radical (unpaired) electrons. The summed E-state index contributed by atoms with van der Waals surface area (Å²) in [4.78, 5) is 0. The Hall–Kier alpha value is -1.39. The van der Waals surface area contributed by atoms with E-state index in [0.717, 1.165) is 10.9 Å². The second-order valence-corrected chi connectivity index (χ2v) is 5.27. The number of nitrogens with zero attached hydrogens (tertiary/aromatic N) is 2. The van der Waals surface area contributed by atoms with Gasteiger partial charge in [-0.1, -0.05) is 18.2 Å². The smallest absolute Gasteiger partial charge is 0.249 e. The molecule has 0 N–H and O–H groups in total. The van der Waals surface area contributed by atoms with E-state index >= 15 is 0 Å². The van der Waals surface area contributed by atoms with Crippen molar-refractivity contribution in [3.05, 3.63) is 35.5 Å². The monoisotopic (exact) mass is 264 g/mol. The van der Waals surface area contributed by atoms with Gasteiger partial charge >= 0.3 is 0 Å². The van der Waals surface area contributed by atoms with Crippen molar-refractivity contribution < 1.29 is 4.42 Å². The van der Waals surface area contributed by atoms with Gasteiger partial charge in [0.1, 0.15) is 5.38 Å². The van der Waals surface area contributed by atoms with Crippen LogP contribution in [0.3, 0.4) is 0 Å². The highest BCUT2D eigenvalue weighted by Gasteiger charge is 2.15. The van der Waals surface area contributed by atoms with Crippen molar-refractivity contribution in [3.63, 3.8) is 0 Å². The first kappa shape index (κ1) is 10.7. The van der Waals surface area contributed by atoms with E-state index in [4.69, 9.17) is 16.0 Å². The van der Waals surface area contributed by atoms with Crippen LogP contribution in [0.25, 0.3) is 21.5 Å². The van der Waals surface area contributed by atoms with Crippen LogP contribution in [0.1, 0.15) is 18.2 Å². The molecule has 1 atom stereocenters. The summed E-state index contributed by atoms with van der Waals surface area (Å²) >= 11 is 7.57. The third kappa shape index (κ3) is 1.83. The molecule has 1 unspecified atom stereocenters. The number of hydrogen-bond acceptors (Lipinski definition) is 4. The topological polar surface area (TPSA) is 38.9 Å². The molecular formula is C12H9ClN2OS. The second-order valence-electron chi connectivity index (χ2n) is 3.71. The van der Waals surface area contributed by atoms with Gasteiger partial charge in [0.25, 0.3) is 0 Å². The molecule has 0 aliphatic carbocycles. The highest BCUT2D eigenvalue weighted by atomic mass is 35.5. The van der Waals surface area contributed by atoms with E-state index in [9.17, 15) is 0 Å². The van der Waals surface area contributed by atoms with Crippen LogP contribution in [0.15, 0.2) is 34.1 Å². The molecule has 0 saturated carbocycles. The Morgan fingerprint density at radius 3 is 2.88 bits per heavy atom. The zero-order valence-electron chi connectivity index (χ0n) is 9.05. The number of alkyl halides is 1. The lowest BCUT2D eigenvalue weighted by Crippen LogP contribution is -1.81. The predicted molar refractivity (Wildman–Crippen MR) is 69.4 cm³/mol. The molecule has 3 aromatic rings. The van der Waals surface area contributed by atoms with Crippen molar-refractivity contribution in [1.29, 1.82) is 0 Å². The van der Waals surface area contributed by atoms with Crippen molar-refractivity contribution in [3.8, 4) is 11.5 Å². The number of halogens is 1. The summed E-state index contributed by atoms with van der Waals surface area (Å²) in [6, 6.07) is 8.14. The van der Waals surface area contributed by atoms with Crippen LogP contribution in [0.5, 0.6) is 0 Å². The highest BCUT2D eigenvalue weighted by molar-refractivity contribution is 7.17. The molecule has 0 spiro atoms. The molecule has 0 aliphatic heterocycles. The van der Waals surface area contributed by atoms with Gasteiger partial charge in [0, 0.05) is 15.5 Å². The average molecular weight is 265 g/mol. The molecule has 0 saturated heterocycles. The molecule has 1 aromatic carbocycles. The third-order valence-corrected chi connectivity index (χ3v) is 3.64. The maximum Gasteiger partial charge on any atom is 0.249 e. The molecule has 0 bridgehead atoms. The number of benzene rings is 1. The molecule has 3 nitrogen and oxygen atoms in total. The number of hydrogen-bond donors (Lipinski definition) is 0. The van der Waals surface area contributed by atoms with E-state index in [1.54, 1.807) is 11.3 Å². The van der Waals surface area contributed by atoms with E-state index in [0.29, 0.717) is 11.8 Å². The molecule has 0 amide bonds. The molecule has 0 aliphatic rings. The van der Waals surface area contributed by atoms with Gasteiger partial charge in [-0.2, -0.15) is 0 Å². The van der Waals surface area contributed by atoms with Gasteiger partial charge in [-0.15, -0.1) is 33.1 Å². The molecule has 5 heteroatoms. The summed E-state index contributed by atoms with van der Waals surface area (Å²) in [5.41, 5.74) is 0.974. The van der Waals surface area contributed by atoms with Gasteiger partial charge in [0.05, 0.1) is 5.56 Å². The molecule has 3 rings (SSSR count). The summed E-state index contributed by atoms with van der Waals surface area (Å²) in [5, 5.41) is 10.9. The maximum absolute atomic E-state index is 5.90. The zero-order chi connectivity index (χ0) is 11.8. The number of fused-ring (bicyclic) bond motifs is 1. The second kappa shape index (κ2) is 4.13. The van der Waals surface area contributed by atoms with Crippen molar-refractivity contribution in [2.45, 2.75) is 12.3 Å². The van der Waals surface area contributed by atoms with Gasteiger partial charge in [-0.05, 0) is 13.0 Å². The maximum atomic E-state index is 5.90. The van der Waals surface area contributed by atoms with E-state index in [1.807, 2.05) is 24.4 Å². The largest absolute Gasteiger partial charge is 0.419 e. The Morgan fingerprint density at radius 2 is 2.12 bits per heavy atom. The lowest BCUT2D eigenvalue weighted by molar-refractivity contribution is 0.507. The normalized spacial score (nSPS) is 13.1. The minimum atomic E-state index is -0.263. The molecule has 0 fully saturated rings. The fourth-order valence-electron chi connectivity index (χ4n) is 1.65. The fraction of sp³-hybridized carbons (Fsp3) is 0.167. The van der Waals surface area contributed by atoms with Gasteiger partial charge in [0.2, 0.25) is 11.8 Å². The molecular weight excluding hydrogens is 256 g/mol. The number of thiophene rings is 1. The summed E-state index contributed by atoms with van der Waals surface area (Å²) in [6.45, 7) is 1.81. The zero-order valence-corrected chi connectivity index (χ0v) is 10.6. The standard InChI is InChI=1S/C12H9ClN2OS/c1-7(13)11-14-15-12(16-11)9-6-17-10-5-3-2-4-8(9)10/h2-7H,1H3. The number of rotatable bonds is 2. The van der Waals surface area contributed by atoms with E-state index in [2.05, 4.69) is 22.3 Å². The average Bonchev–Trinajstić information content (AvgIpc) is 2.95. The van der Waals surface area contributed by atoms with Crippen LogP contribution in [0.4, 0.5) is 0 Å². The van der Waals surface area contributed by atoms with Gasteiger partial charge < -0.3 is 4.42 Å². The molecule has 86 valence electrons. The third-order valence-electron chi connectivity index (χ3n) is 2.49. The first-order valence-electron chi connectivity index (χ1n) is 5.20. The first-order chi connectivity index (χ1) is 8.25. The van der Waals surface area contributed by atoms with Crippen LogP contribution in [-0.4, -0.2) is 10.2 Å².